The molecular formula is C10H11Cl2FN6. The molecule has 0 aliphatic heterocycles. The van der Waals surface area contributed by atoms with Crippen molar-refractivity contribution in [3.8, 4) is 0 Å². The summed E-state index contributed by atoms with van der Waals surface area (Å²) in [6, 6.07) is 4.38. The van der Waals surface area contributed by atoms with Crippen LogP contribution in [0.25, 0.3) is 0 Å². The van der Waals surface area contributed by atoms with Crippen molar-refractivity contribution in [3.05, 3.63) is 40.4 Å². The maximum Gasteiger partial charge on any atom is 0.263 e. The van der Waals surface area contributed by atoms with E-state index in [1.807, 2.05) is 0 Å². The van der Waals surface area contributed by atoms with Crippen LogP contribution in [0.5, 0.6) is 0 Å². The van der Waals surface area contributed by atoms with Gasteiger partial charge in [-0.15, -0.1) is 22.6 Å². The topological polar surface area (TPSA) is 81.1 Å². The number of nitrogen functional groups attached to an aromatic ring is 1. The molecule has 102 valence electrons. The zero-order chi connectivity index (χ0) is 13.1. The number of rotatable bonds is 3. The number of hydrogen-bond donors (Lipinski definition) is 2. The highest BCUT2D eigenvalue weighted by Gasteiger charge is 2.05. The molecule has 0 atom stereocenters. The Morgan fingerprint density at radius 2 is 2.21 bits per heavy atom. The van der Waals surface area contributed by atoms with E-state index < -0.39 is 5.82 Å². The van der Waals surface area contributed by atoms with Crippen LogP contribution in [0.4, 0.5) is 10.3 Å². The molecule has 0 amide bonds. The highest BCUT2D eigenvalue weighted by Crippen LogP contribution is 2.16. The lowest BCUT2D eigenvalue weighted by Gasteiger charge is -2.01. The molecule has 0 aliphatic carbocycles. The standard InChI is InChI=1S/C10H10ClFN6.ClH/c1-6-15-17-10(18(6)13)16-14-5-7-8(11)3-2-4-9(7)12;/h2-5H,13H2,1H3,(H,16,17);1H/b14-5+;. The molecule has 6 nitrogen and oxygen atoms in total. The highest BCUT2D eigenvalue weighted by molar-refractivity contribution is 6.33. The van der Waals surface area contributed by atoms with E-state index in [2.05, 4.69) is 20.7 Å². The van der Waals surface area contributed by atoms with E-state index in [9.17, 15) is 4.39 Å². The van der Waals surface area contributed by atoms with Gasteiger partial charge in [-0.2, -0.15) is 5.10 Å². The van der Waals surface area contributed by atoms with Crippen molar-refractivity contribution < 1.29 is 4.39 Å². The fourth-order valence-corrected chi connectivity index (χ4v) is 1.45. The lowest BCUT2D eigenvalue weighted by Crippen LogP contribution is -2.13. The first kappa shape index (κ1) is 15.2. The molecule has 1 aromatic carbocycles. The molecule has 0 bridgehead atoms. The van der Waals surface area contributed by atoms with Gasteiger partial charge in [-0.05, 0) is 19.1 Å². The minimum atomic E-state index is -0.460. The molecule has 0 aliphatic rings. The first-order valence-corrected chi connectivity index (χ1v) is 5.37. The maximum absolute atomic E-state index is 13.4. The van der Waals surface area contributed by atoms with Crippen LogP contribution in [0, 0.1) is 12.7 Å². The summed E-state index contributed by atoms with van der Waals surface area (Å²) >= 11 is 5.83. The van der Waals surface area contributed by atoms with Crippen LogP contribution in [0.3, 0.4) is 0 Å². The number of hydrazone groups is 1. The molecular weight excluding hydrogens is 294 g/mol. The van der Waals surface area contributed by atoms with Gasteiger partial charge in [0.1, 0.15) is 5.82 Å². The van der Waals surface area contributed by atoms with Gasteiger partial charge in [-0.25, -0.2) is 14.5 Å². The Morgan fingerprint density at radius 3 is 2.79 bits per heavy atom. The van der Waals surface area contributed by atoms with E-state index in [-0.39, 0.29) is 28.9 Å². The number of anilines is 1. The number of nitrogens with two attached hydrogens (primary N) is 1. The summed E-state index contributed by atoms with van der Waals surface area (Å²) in [5.74, 6) is 5.91. The number of halogens is 3. The van der Waals surface area contributed by atoms with Crippen molar-refractivity contribution >= 4 is 36.2 Å². The van der Waals surface area contributed by atoms with Crippen LogP contribution < -0.4 is 11.3 Å². The van der Waals surface area contributed by atoms with Crippen molar-refractivity contribution in [1.29, 1.82) is 0 Å². The Balaban J connectivity index is 0.00000180. The summed E-state index contributed by atoms with van der Waals surface area (Å²) in [6.07, 6.45) is 1.25. The molecule has 0 radical (unpaired) electrons. The normalized spacial score (nSPS) is 10.5. The average molecular weight is 305 g/mol. The predicted molar refractivity (Wildman–Crippen MR) is 74.8 cm³/mol. The van der Waals surface area contributed by atoms with Crippen LogP contribution in [0.15, 0.2) is 23.3 Å². The van der Waals surface area contributed by atoms with Crippen LogP contribution in [0.2, 0.25) is 5.02 Å². The van der Waals surface area contributed by atoms with Crippen LogP contribution in [0.1, 0.15) is 11.4 Å². The van der Waals surface area contributed by atoms with Gasteiger partial charge in [0.15, 0.2) is 5.82 Å². The van der Waals surface area contributed by atoms with Gasteiger partial charge in [0, 0.05) is 5.56 Å². The van der Waals surface area contributed by atoms with E-state index in [0.717, 1.165) is 0 Å². The number of nitrogens with zero attached hydrogens (tertiary/aromatic N) is 4. The summed E-state index contributed by atoms with van der Waals surface area (Å²) in [5.41, 5.74) is 2.73. The predicted octanol–water partition coefficient (Wildman–Crippen LogP) is 1.96. The number of nitrogens with one attached hydrogen (secondary N) is 1. The second-order valence-electron chi connectivity index (χ2n) is 3.45. The van der Waals surface area contributed by atoms with Crippen molar-refractivity contribution in [1.82, 2.24) is 14.9 Å². The molecule has 0 saturated heterocycles. The van der Waals surface area contributed by atoms with Gasteiger partial charge in [-0.3, -0.25) is 0 Å². The SMILES string of the molecule is Cc1nnc(N/N=C/c2c(F)cccc2Cl)n1N.Cl. The van der Waals surface area contributed by atoms with Gasteiger partial charge in [0.25, 0.3) is 5.95 Å². The minimum absolute atomic E-state index is 0. The highest BCUT2D eigenvalue weighted by atomic mass is 35.5. The monoisotopic (exact) mass is 304 g/mol. The number of aryl methyl sites for hydroxylation is 1. The summed E-state index contributed by atoms with van der Waals surface area (Å²) in [5, 5.41) is 11.5. The lowest BCUT2D eigenvalue weighted by molar-refractivity contribution is 0.626. The van der Waals surface area contributed by atoms with Crippen LogP contribution in [-0.4, -0.2) is 21.1 Å². The first-order valence-electron chi connectivity index (χ1n) is 5.00. The summed E-state index contributed by atoms with van der Waals surface area (Å²) in [6.45, 7) is 1.69. The first-order chi connectivity index (χ1) is 8.59. The lowest BCUT2D eigenvalue weighted by atomic mass is 10.2. The van der Waals surface area contributed by atoms with Gasteiger partial charge >= 0.3 is 0 Å². The van der Waals surface area contributed by atoms with Gasteiger partial charge in [0.05, 0.1) is 11.2 Å². The molecule has 19 heavy (non-hydrogen) atoms. The molecule has 0 fully saturated rings. The molecule has 0 spiro atoms. The van der Waals surface area contributed by atoms with E-state index >= 15 is 0 Å². The van der Waals surface area contributed by atoms with Crippen LogP contribution >= 0.6 is 24.0 Å². The van der Waals surface area contributed by atoms with Crippen molar-refractivity contribution in [2.45, 2.75) is 6.92 Å². The Hall–Kier alpha value is -1.86. The Kier molecular flexibility index (Phi) is 5.08. The summed E-state index contributed by atoms with van der Waals surface area (Å²) in [7, 11) is 0. The molecule has 1 heterocycles. The molecule has 2 rings (SSSR count). The zero-order valence-corrected chi connectivity index (χ0v) is 11.4. The van der Waals surface area contributed by atoms with Crippen molar-refractivity contribution in [2.75, 3.05) is 11.3 Å². The summed E-state index contributed by atoms with van der Waals surface area (Å²) in [4.78, 5) is 0. The maximum atomic E-state index is 13.4. The second-order valence-corrected chi connectivity index (χ2v) is 3.85. The Labute approximate surface area is 119 Å². The van der Waals surface area contributed by atoms with Crippen molar-refractivity contribution in [3.63, 3.8) is 0 Å². The quantitative estimate of drug-likeness (QED) is 0.516. The fraction of sp³-hybridized carbons (Fsp3) is 0.100. The number of benzene rings is 1. The molecule has 3 N–H and O–H groups in total. The van der Waals surface area contributed by atoms with Gasteiger partial charge < -0.3 is 5.84 Å². The fourth-order valence-electron chi connectivity index (χ4n) is 1.23. The van der Waals surface area contributed by atoms with E-state index in [1.165, 1.54) is 23.0 Å². The van der Waals surface area contributed by atoms with Crippen LogP contribution in [-0.2, 0) is 0 Å². The third-order valence-corrected chi connectivity index (χ3v) is 2.55. The average Bonchev–Trinajstić information content (AvgIpc) is 2.65. The van der Waals surface area contributed by atoms with E-state index in [4.69, 9.17) is 17.4 Å². The minimum Gasteiger partial charge on any atom is -0.335 e. The van der Waals surface area contributed by atoms with Gasteiger partial charge in [-0.1, -0.05) is 17.7 Å². The third kappa shape index (κ3) is 3.33. The molecule has 1 aromatic heterocycles. The number of aromatic nitrogens is 3. The zero-order valence-electron chi connectivity index (χ0n) is 9.84. The molecule has 0 unspecified atom stereocenters. The largest absolute Gasteiger partial charge is 0.335 e. The molecule has 9 heteroatoms. The Morgan fingerprint density at radius 1 is 1.47 bits per heavy atom. The third-order valence-electron chi connectivity index (χ3n) is 2.22. The van der Waals surface area contributed by atoms with Crippen molar-refractivity contribution in [2.24, 2.45) is 5.10 Å². The smallest absolute Gasteiger partial charge is 0.263 e. The van der Waals surface area contributed by atoms with E-state index in [1.54, 1.807) is 13.0 Å². The molecule has 0 saturated carbocycles. The van der Waals surface area contributed by atoms with E-state index in [0.29, 0.717) is 5.82 Å². The Bertz CT molecular complexity index is 577. The summed E-state index contributed by atoms with van der Waals surface area (Å²) < 4.78 is 14.6. The molecule has 2 aromatic rings. The number of hydrogen-bond acceptors (Lipinski definition) is 5. The second kappa shape index (κ2) is 6.35. The van der Waals surface area contributed by atoms with Gasteiger partial charge in [0.2, 0.25) is 0 Å².